The molecule has 0 aromatic carbocycles. The molecule has 1 N–H and O–H groups in total. The minimum absolute atomic E-state index is 0.117. The average Bonchev–Trinajstić information content (AvgIpc) is 2.81. The summed E-state index contributed by atoms with van der Waals surface area (Å²) < 4.78 is 1.96. The number of hydrogen-bond donors (Lipinski definition) is 1. The molecule has 0 fully saturated rings. The van der Waals surface area contributed by atoms with Gasteiger partial charge in [0.25, 0.3) is 5.91 Å². The summed E-state index contributed by atoms with van der Waals surface area (Å²) >= 11 is 0. The third kappa shape index (κ3) is 3.22. The lowest BCUT2D eigenvalue weighted by atomic mass is 10.0. The van der Waals surface area contributed by atoms with Crippen LogP contribution in [0.3, 0.4) is 0 Å². The highest BCUT2D eigenvalue weighted by molar-refractivity contribution is 5.93. The molecule has 0 radical (unpaired) electrons. The van der Waals surface area contributed by atoms with Crippen molar-refractivity contribution in [3.63, 3.8) is 0 Å². The molecule has 0 saturated heterocycles. The lowest BCUT2D eigenvalue weighted by Crippen LogP contribution is -2.25. The van der Waals surface area contributed by atoms with E-state index in [2.05, 4.69) is 24.1 Å². The molecule has 2 aromatic heterocycles. The van der Waals surface area contributed by atoms with Crippen molar-refractivity contribution in [1.29, 1.82) is 0 Å². The van der Waals surface area contributed by atoms with Crippen molar-refractivity contribution in [3.8, 4) is 0 Å². The highest BCUT2D eigenvalue weighted by Crippen LogP contribution is 2.17. The molecular weight excluding hydrogens is 238 g/mol. The second kappa shape index (κ2) is 5.69. The van der Waals surface area contributed by atoms with Gasteiger partial charge in [-0.2, -0.15) is 0 Å². The van der Waals surface area contributed by atoms with Gasteiger partial charge < -0.3 is 9.88 Å². The maximum absolute atomic E-state index is 12.2. The monoisotopic (exact) mass is 257 g/mol. The first-order chi connectivity index (χ1) is 9.08. The van der Waals surface area contributed by atoms with E-state index in [0.717, 1.165) is 11.1 Å². The molecule has 0 aliphatic carbocycles. The first-order valence-electron chi connectivity index (χ1n) is 6.42. The fraction of sp³-hybridized carbons (Fsp3) is 0.333. The number of carbonyl (C=O) groups is 1. The lowest BCUT2D eigenvalue weighted by Gasteiger charge is -2.11. The normalized spacial score (nSPS) is 10.7. The van der Waals surface area contributed by atoms with Gasteiger partial charge in [-0.1, -0.05) is 19.9 Å². The SMILES string of the molecule is CC(C)c1cccnc1C(=O)NCc1ccn(C)c1. The Balaban J connectivity index is 2.08. The molecule has 0 unspecified atom stereocenters. The quantitative estimate of drug-likeness (QED) is 0.914. The number of carbonyl (C=O) groups excluding carboxylic acids is 1. The summed E-state index contributed by atoms with van der Waals surface area (Å²) in [4.78, 5) is 16.4. The molecule has 0 aliphatic rings. The van der Waals surface area contributed by atoms with Crippen LogP contribution in [0, 0.1) is 0 Å². The first kappa shape index (κ1) is 13.3. The largest absolute Gasteiger partial charge is 0.357 e. The number of aromatic nitrogens is 2. The molecular formula is C15H19N3O. The number of amides is 1. The van der Waals surface area contributed by atoms with Crippen LogP contribution in [-0.2, 0) is 13.6 Å². The Morgan fingerprint density at radius 1 is 1.42 bits per heavy atom. The molecule has 4 heteroatoms. The number of pyridine rings is 1. The van der Waals surface area contributed by atoms with E-state index in [1.165, 1.54) is 0 Å². The molecule has 4 nitrogen and oxygen atoms in total. The van der Waals surface area contributed by atoms with Gasteiger partial charge in [0.05, 0.1) is 0 Å². The predicted octanol–water partition coefficient (Wildman–Crippen LogP) is 2.47. The summed E-state index contributed by atoms with van der Waals surface area (Å²) in [5, 5.41) is 2.91. The molecule has 0 aliphatic heterocycles. The summed E-state index contributed by atoms with van der Waals surface area (Å²) in [7, 11) is 1.96. The number of nitrogens with one attached hydrogen (secondary N) is 1. The Morgan fingerprint density at radius 3 is 2.84 bits per heavy atom. The Labute approximate surface area is 113 Å². The Morgan fingerprint density at radius 2 is 2.21 bits per heavy atom. The maximum Gasteiger partial charge on any atom is 0.270 e. The van der Waals surface area contributed by atoms with Crippen molar-refractivity contribution in [2.75, 3.05) is 0 Å². The van der Waals surface area contributed by atoms with Gasteiger partial charge in [0.15, 0.2) is 0 Å². The number of hydrogen-bond acceptors (Lipinski definition) is 2. The van der Waals surface area contributed by atoms with Crippen LogP contribution >= 0.6 is 0 Å². The summed E-state index contributed by atoms with van der Waals surface area (Å²) in [6.07, 6.45) is 5.60. The van der Waals surface area contributed by atoms with Crippen molar-refractivity contribution in [3.05, 3.63) is 53.6 Å². The zero-order valence-electron chi connectivity index (χ0n) is 11.6. The molecule has 2 aromatic rings. The van der Waals surface area contributed by atoms with E-state index >= 15 is 0 Å². The van der Waals surface area contributed by atoms with Gasteiger partial charge >= 0.3 is 0 Å². The molecule has 2 heterocycles. The third-order valence-electron chi connectivity index (χ3n) is 3.02. The van der Waals surface area contributed by atoms with Crippen LogP contribution in [0.25, 0.3) is 0 Å². The Bertz CT molecular complexity index is 572. The van der Waals surface area contributed by atoms with E-state index in [1.807, 2.05) is 42.2 Å². The summed E-state index contributed by atoms with van der Waals surface area (Å²) in [5.74, 6) is 0.166. The highest BCUT2D eigenvalue weighted by atomic mass is 16.1. The van der Waals surface area contributed by atoms with Crippen LogP contribution < -0.4 is 5.32 Å². The van der Waals surface area contributed by atoms with E-state index in [0.29, 0.717) is 12.2 Å². The van der Waals surface area contributed by atoms with Gasteiger partial charge in [0, 0.05) is 32.2 Å². The predicted molar refractivity (Wildman–Crippen MR) is 74.9 cm³/mol. The fourth-order valence-corrected chi connectivity index (χ4v) is 2.00. The second-order valence-electron chi connectivity index (χ2n) is 4.96. The maximum atomic E-state index is 12.2. The van der Waals surface area contributed by atoms with E-state index in [1.54, 1.807) is 6.20 Å². The second-order valence-corrected chi connectivity index (χ2v) is 4.96. The summed E-state index contributed by atoms with van der Waals surface area (Å²) in [5.41, 5.74) is 2.58. The zero-order valence-corrected chi connectivity index (χ0v) is 11.6. The van der Waals surface area contributed by atoms with Crippen molar-refractivity contribution in [1.82, 2.24) is 14.9 Å². The van der Waals surface area contributed by atoms with Crippen LogP contribution in [0.1, 0.15) is 41.4 Å². The molecule has 2 rings (SSSR count). The molecule has 100 valence electrons. The van der Waals surface area contributed by atoms with E-state index in [9.17, 15) is 4.79 Å². The number of rotatable bonds is 4. The van der Waals surface area contributed by atoms with E-state index < -0.39 is 0 Å². The smallest absolute Gasteiger partial charge is 0.270 e. The molecule has 0 bridgehead atoms. The van der Waals surface area contributed by atoms with Crippen molar-refractivity contribution >= 4 is 5.91 Å². The molecule has 1 amide bonds. The van der Waals surface area contributed by atoms with Crippen molar-refractivity contribution < 1.29 is 4.79 Å². The van der Waals surface area contributed by atoms with Gasteiger partial charge in [-0.05, 0) is 29.2 Å². The van der Waals surface area contributed by atoms with Crippen LogP contribution in [-0.4, -0.2) is 15.5 Å². The summed E-state index contributed by atoms with van der Waals surface area (Å²) in [6.45, 7) is 4.64. The standard InChI is InChI=1S/C15H19N3O/c1-11(2)13-5-4-7-16-14(13)15(19)17-9-12-6-8-18(3)10-12/h4-8,10-11H,9H2,1-3H3,(H,17,19). The number of aryl methyl sites for hydroxylation is 1. The minimum atomic E-state index is -0.117. The minimum Gasteiger partial charge on any atom is -0.357 e. The fourth-order valence-electron chi connectivity index (χ4n) is 2.00. The van der Waals surface area contributed by atoms with Gasteiger partial charge in [-0.3, -0.25) is 9.78 Å². The zero-order chi connectivity index (χ0) is 13.8. The van der Waals surface area contributed by atoms with Crippen LogP contribution in [0.2, 0.25) is 0 Å². The van der Waals surface area contributed by atoms with E-state index in [-0.39, 0.29) is 11.8 Å². The molecule has 19 heavy (non-hydrogen) atoms. The summed E-state index contributed by atoms with van der Waals surface area (Å²) in [6, 6.07) is 5.81. The molecule has 0 atom stereocenters. The Hall–Kier alpha value is -2.10. The Kier molecular flexibility index (Phi) is 4.00. The van der Waals surface area contributed by atoms with Crippen LogP contribution in [0.15, 0.2) is 36.8 Å². The van der Waals surface area contributed by atoms with Gasteiger partial charge in [0.2, 0.25) is 0 Å². The topological polar surface area (TPSA) is 46.9 Å². The van der Waals surface area contributed by atoms with Gasteiger partial charge in [0.1, 0.15) is 5.69 Å². The highest BCUT2D eigenvalue weighted by Gasteiger charge is 2.14. The third-order valence-corrected chi connectivity index (χ3v) is 3.02. The average molecular weight is 257 g/mol. The number of nitrogens with zero attached hydrogens (tertiary/aromatic N) is 2. The lowest BCUT2D eigenvalue weighted by molar-refractivity contribution is 0.0944. The molecule has 0 spiro atoms. The van der Waals surface area contributed by atoms with Crippen molar-refractivity contribution in [2.45, 2.75) is 26.3 Å². The van der Waals surface area contributed by atoms with Crippen LogP contribution in [0.5, 0.6) is 0 Å². The van der Waals surface area contributed by atoms with Crippen LogP contribution in [0.4, 0.5) is 0 Å². The van der Waals surface area contributed by atoms with E-state index in [4.69, 9.17) is 0 Å². The molecule has 0 saturated carbocycles. The van der Waals surface area contributed by atoms with Gasteiger partial charge in [-0.15, -0.1) is 0 Å². The van der Waals surface area contributed by atoms with Crippen molar-refractivity contribution in [2.24, 2.45) is 7.05 Å². The first-order valence-corrected chi connectivity index (χ1v) is 6.42. The van der Waals surface area contributed by atoms with Gasteiger partial charge in [-0.25, -0.2) is 0 Å².